The van der Waals surface area contributed by atoms with E-state index in [0.29, 0.717) is 0 Å². The Labute approximate surface area is 94.8 Å². The molecule has 0 radical (unpaired) electrons. The van der Waals surface area contributed by atoms with Crippen LogP contribution in [0.4, 0.5) is 0 Å². The second-order valence-electron chi connectivity index (χ2n) is 4.11. The molecule has 0 aliphatic heterocycles. The molecule has 0 amide bonds. The molecule has 0 saturated heterocycles. The van der Waals surface area contributed by atoms with Crippen LogP contribution in [-0.4, -0.2) is 17.1 Å². The summed E-state index contributed by atoms with van der Waals surface area (Å²) in [6.07, 6.45) is 0. The molecule has 0 aromatic carbocycles. The number of furan rings is 1. The standard InChI is InChI=1S/C12H16N2O2/c1-9-4-5-12(15-9)8-14(3)7-11-6-10(2)16-13-11/h4-6H,7-8H2,1-3H3. The first-order valence-electron chi connectivity index (χ1n) is 5.29. The zero-order valence-electron chi connectivity index (χ0n) is 9.86. The Morgan fingerprint density at radius 1 is 1.19 bits per heavy atom. The minimum absolute atomic E-state index is 0.761. The zero-order chi connectivity index (χ0) is 11.5. The highest BCUT2D eigenvalue weighted by Gasteiger charge is 2.07. The first-order valence-corrected chi connectivity index (χ1v) is 5.29. The maximum atomic E-state index is 5.51. The van der Waals surface area contributed by atoms with Gasteiger partial charge in [-0.3, -0.25) is 4.90 Å². The molecule has 4 nitrogen and oxygen atoms in total. The van der Waals surface area contributed by atoms with Crippen molar-refractivity contribution in [2.24, 2.45) is 0 Å². The van der Waals surface area contributed by atoms with Crippen molar-refractivity contribution in [3.8, 4) is 0 Å². The van der Waals surface area contributed by atoms with Crippen LogP contribution in [0, 0.1) is 13.8 Å². The van der Waals surface area contributed by atoms with Gasteiger partial charge in [0.05, 0.1) is 12.2 Å². The number of aryl methyl sites for hydroxylation is 2. The van der Waals surface area contributed by atoms with Gasteiger partial charge >= 0.3 is 0 Å². The first-order chi connectivity index (χ1) is 7.63. The lowest BCUT2D eigenvalue weighted by molar-refractivity contribution is 0.274. The number of nitrogens with zero attached hydrogens (tertiary/aromatic N) is 2. The van der Waals surface area contributed by atoms with Crippen LogP contribution in [0.2, 0.25) is 0 Å². The molecule has 16 heavy (non-hydrogen) atoms. The van der Waals surface area contributed by atoms with E-state index >= 15 is 0 Å². The lowest BCUT2D eigenvalue weighted by atomic mass is 10.3. The van der Waals surface area contributed by atoms with Gasteiger partial charge in [-0.25, -0.2) is 0 Å². The van der Waals surface area contributed by atoms with Gasteiger partial charge in [0.25, 0.3) is 0 Å². The predicted octanol–water partition coefficient (Wildman–Crippen LogP) is 2.52. The Kier molecular flexibility index (Phi) is 3.10. The number of hydrogen-bond donors (Lipinski definition) is 0. The molecule has 0 spiro atoms. The molecule has 2 rings (SSSR count). The van der Waals surface area contributed by atoms with Crippen LogP contribution in [0.15, 0.2) is 27.1 Å². The summed E-state index contributed by atoms with van der Waals surface area (Å²) in [6, 6.07) is 5.92. The number of aromatic nitrogens is 1. The normalized spacial score (nSPS) is 11.2. The monoisotopic (exact) mass is 220 g/mol. The highest BCUT2D eigenvalue weighted by molar-refractivity contribution is 5.06. The van der Waals surface area contributed by atoms with E-state index in [9.17, 15) is 0 Å². The predicted molar refractivity (Wildman–Crippen MR) is 59.9 cm³/mol. The van der Waals surface area contributed by atoms with Gasteiger partial charge in [-0.1, -0.05) is 5.16 Å². The lowest BCUT2D eigenvalue weighted by Crippen LogP contribution is -2.16. The fraction of sp³-hybridized carbons (Fsp3) is 0.417. The lowest BCUT2D eigenvalue weighted by Gasteiger charge is -2.12. The topological polar surface area (TPSA) is 42.4 Å². The van der Waals surface area contributed by atoms with Crippen LogP contribution < -0.4 is 0 Å². The van der Waals surface area contributed by atoms with E-state index in [1.54, 1.807) is 0 Å². The molecule has 2 aromatic rings. The zero-order valence-corrected chi connectivity index (χ0v) is 9.86. The Balaban J connectivity index is 1.91. The summed E-state index contributed by atoms with van der Waals surface area (Å²) >= 11 is 0. The number of hydrogen-bond acceptors (Lipinski definition) is 4. The van der Waals surface area contributed by atoms with Gasteiger partial charge in [-0.2, -0.15) is 0 Å². The van der Waals surface area contributed by atoms with Crippen LogP contribution in [0.1, 0.15) is 23.0 Å². The summed E-state index contributed by atoms with van der Waals surface area (Å²) < 4.78 is 10.5. The Morgan fingerprint density at radius 3 is 2.56 bits per heavy atom. The van der Waals surface area contributed by atoms with Gasteiger partial charge in [0.15, 0.2) is 0 Å². The fourth-order valence-corrected chi connectivity index (χ4v) is 1.66. The highest BCUT2D eigenvalue weighted by atomic mass is 16.5. The molecular weight excluding hydrogens is 204 g/mol. The van der Waals surface area contributed by atoms with Crippen molar-refractivity contribution in [2.75, 3.05) is 7.05 Å². The van der Waals surface area contributed by atoms with Crippen molar-refractivity contribution < 1.29 is 8.94 Å². The van der Waals surface area contributed by atoms with Crippen LogP contribution in [0.5, 0.6) is 0 Å². The molecule has 4 heteroatoms. The van der Waals surface area contributed by atoms with Crippen LogP contribution in [-0.2, 0) is 13.1 Å². The maximum absolute atomic E-state index is 5.51. The molecule has 2 aromatic heterocycles. The summed E-state index contributed by atoms with van der Waals surface area (Å²) in [6.45, 7) is 5.38. The van der Waals surface area contributed by atoms with E-state index < -0.39 is 0 Å². The Morgan fingerprint density at radius 2 is 2.00 bits per heavy atom. The van der Waals surface area contributed by atoms with Crippen molar-refractivity contribution >= 4 is 0 Å². The van der Waals surface area contributed by atoms with Gasteiger partial charge in [0.1, 0.15) is 17.3 Å². The molecule has 0 N–H and O–H groups in total. The van der Waals surface area contributed by atoms with Gasteiger partial charge < -0.3 is 8.94 Å². The van der Waals surface area contributed by atoms with Gasteiger partial charge in [0.2, 0.25) is 0 Å². The molecule has 0 aliphatic carbocycles. The van der Waals surface area contributed by atoms with E-state index in [2.05, 4.69) is 10.1 Å². The molecule has 0 atom stereocenters. The Hall–Kier alpha value is -1.55. The van der Waals surface area contributed by atoms with Gasteiger partial charge in [0, 0.05) is 12.6 Å². The van der Waals surface area contributed by atoms with E-state index in [4.69, 9.17) is 8.94 Å². The molecule has 2 heterocycles. The minimum atomic E-state index is 0.761. The summed E-state index contributed by atoms with van der Waals surface area (Å²) in [5.41, 5.74) is 0.947. The average Bonchev–Trinajstić information content (AvgIpc) is 2.76. The third kappa shape index (κ3) is 2.73. The van der Waals surface area contributed by atoms with E-state index in [-0.39, 0.29) is 0 Å². The average molecular weight is 220 g/mol. The minimum Gasteiger partial charge on any atom is -0.465 e. The van der Waals surface area contributed by atoms with Crippen LogP contribution >= 0.6 is 0 Å². The molecular formula is C12H16N2O2. The van der Waals surface area contributed by atoms with Gasteiger partial charge in [-0.05, 0) is 33.0 Å². The summed E-state index contributed by atoms with van der Waals surface area (Å²) in [5, 5.41) is 3.96. The summed E-state index contributed by atoms with van der Waals surface area (Å²) in [7, 11) is 2.03. The van der Waals surface area contributed by atoms with Crippen LogP contribution in [0.25, 0.3) is 0 Å². The molecule has 0 unspecified atom stereocenters. The van der Waals surface area contributed by atoms with E-state index in [0.717, 1.165) is 36.1 Å². The van der Waals surface area contributed by atoms with Crippen molar-refractivity contribution in [2.45, 2.75) is 26.9 Å². The van der Waals surface area contributed by atoms with E-state index in [1.165, 1.54) is 0 Å². The Bertz CT molecular complexity index is 417. The van der Waals surface area contributed by atoms with E-state index in [1.807, 2.05) is 39.1 Å². The molecule has 0 aliphatic rings. The third-order valence-corrected chi connectivity index (χ3v) is 2.33. The maximum Gasteiger partial charge on any atom is 0.133 e. The highest BCUT2D eigenvalue weighted by Crippen LogP contribution is 2.11. The third-order valence-electron chi connectivity index (χ3n) is 2.33. The summed E-state index contributed by atoms with van der Waals surface area (Å²) in [5.74, 6) is 2.76. The quantitative estimate of drug-likeness (QED) is 0.794. The second kappa shape index (κ2) is 4.53. The van der Waals surface area contributed by atoms with Crippen molar-refractivity contribution in [1.82, 2.24) is 10.1 Å². The fourth-order valence-electron chi connectivity index (χ4n) is 1.66. The smallest absolute Gasteiger partial charge is 0.133 e. The second-order valence-corrected chi connectivity index (χ2v) is 4.11. The molecule has 86 valence electrons. The largest absolute Gasteiger partial charge is 0.465 e. The molecule has 0 bridgehead atoms. The summed E-state index contributed by atoms with van der Waals surface area (Å²) in [4.78, 5) is 2.13. The van der Waals surface area contributed by atoms with Gasteiger partial charge in [-0.15, -0.1) is 0 Å². The van der Waals surface area contributed by atoms with Crippen molar-refractivity contribution in [1.29, 1.82) is 0 Å². The SMILES string of the molecule is Cc1cc(CN(C)Cc2ccc(C)o2)no1. The first kappa shape index (κ1) is 11.0. The number of rotatable bonds is 4. The van der Waals surface area contributed by atoms with Crippen molar-refractivity contribution in [3.63, 3.8) is 0 Å². The molecule has 0 fully saturated rings. The van der Waals surface area contributed by atoms with Crippen LogP contribution in [0.3, 0.4) is 0 Å². The molecule has 0 saturated carbocycles. The van der Waals surface area contributed by atoms with Crippen molar-refractivity contribution in [3.05, 3.63) is 41.2 Å².